The van der Waals surface area contributed by atoms with Crippen molar-refractivity contribution in [1.29, 1.82) is 0 Å². The lowest BCUT2D eigenvalue weighted by Crippen LogP contribution is -2.19. The van der Waals surface area contributed by atoms with Crippen molar-refractivity contribution in [3.05, 3.63) is 23.3 Å². The predicted octanol–water partition coefficient (Wildman–Crippen LogP) is 2.52. The standard InChI is InChI=1S/C8H6F6N2O/c9-5-3(1-15)6(7(10)11)16-2-4(5)17-8(12,13)14/h2,7H,1,15H2. The minimum absolute atomic E-state index is 0.240. The highest BCUT2D eigenvalue weighted by Crippen LogP contribution is 2.30. The number of pyridine rings is 1. The first-order valence-electron chi connectivity index (χ1n) is 4.17. The molecule has 0 atom stereocenters. The molecule has 0 radical (unpaired) electrons. The predicted molar refractivity (Wildman–Crippen MR) is 43.7 cm³/mol. The maximum Gasteiger partial charge on any atom is 0.573 e. The number of halogens is 6. The van der Waals surface area contributed by atoms with Crippen LogP contribution in [0.2, 0.25) is 0 Å². The van der Waals surface area contributed by atoms with Crippen molar-refractivity contribution in [3.8, 4) is 5.75 Å². The molecule has 96 valence electrons. The maximum atomic E-state index is 13.3. The number of nitrogens with zero attached hydrogens (tertiary/aromatic N) is 1. The number of nitrogens with two attached hydrogens (primary N) is 1. The fraction of sp³-hybridized carbons (Fsp3) is 0.375. The zero-order valence-corrected chi connectivity index (χ0v) is 8.06. The first kappa shape index (κ1) is 13.6. The second-order valence-electron chi connectivity index (χ2n) is 2.85. The molecule has 0 bridgehead atoms. The second-order valence-corrected chi connectivity index (χ2v) is 2.85. The summed E-state index contributed by atoms with van der Waals surface area (Å²) in [6, 6.07) is 0. The molecule has 1 aromatic heterocycles. The van der Waals surface area contributed by atoms with Gasteiger partial charge in [0.05, 0.1) is 6.20 Å². The zero-order valence-electron chi connectivity index (χ0n) is 8.06. The van der Waals surface area contributed by atoms with Crippen molar-refractivity contribution in [2.45, 2.75) is 19.3 Å². The van der Waals surface area contributed by atoms with E-state index in [1.54, 1.807) is 0 Å². The molecule has 0 aliphatic heterocycles. The van der Waals surface area contributed by atoms with Gasteiger partial charge >= 0.3 is 6.36 Å². The molecule has 2 N–H and O–H groups in total. The van der Waals surface area contributed by atoms with E-state index < -0.39 is 42.2 Å². The number of alkyl halides is 5. The average molecular weight is 260 g/mol. The lowest BCUT2D eigenvalue weighted by atomic mass is 10.2. The second kappa shape index (κ2) is 4.78. The summed E-state index contributed by atoms with van der Waals surface area (Å²) in [6.07, 6.45) is -8.03. The fourth-order valence-corrected chi connectivity index (χ4v) is 1.10. The molecule has 1 heterocycles. The Balaban J connectivity index is 3.20. The summed E-state index contributed by atoms with van der Waals surface area (Å²) in [5.74, 6) is -2.88. The minimum atomic E-state index is -5.14. The van der Waals surface area contributed by atoms with Gasteiger partial charge in [-0.25, -0.2) is 13.2 Å². The SMILES string of the molecule is NCc1c(C(F)F)ncc(OC(F)(F)F)c1F. The Bertz CT molecular complexity index is 406. The monoisotopic (exact) mass is 260 g/mol. The molecule has 17 heavy (non-hydrogen) atoms. The molecule has 0 aromatic carbocycles. The third-order valence-corrected chi connectivity index (χ3v) is 1.75. The smallest absolute Gasteiger partial charge is 0.401 e. The van der Waals surface area contributed by atoms with Gasteiger partial charge in [-0.05, 0) is 0 Å². The fourth-order valence-electron chi connectivity index (χ4n) is 1.10. The molecular formula is C8H6F6N2O. The van der Waals surface area contributed by atoms with Crippen LogP contribution in [0.15, 0.2) is 6.20 Å². The Hall–Kier alpha value is -1.51. The van der Waals surface area contributed by atoms with Gasteiger partial charge in [0.1, 0.15) is 5.69 Å². The zero-order chi connectivity index (χ0) is 13.2. The van der Waals surface area contributed by atoms with E-state index >= 15 is 0 Å². The van der Waals surface area contributed by atoms with Crippen molar-refractivity contribution in [1.82, 2.24) is 4.98 Å². The molecular weight excluding hydrogens is 254 g/mol. The van der Waals surface area contributed by atoms with Crippen molar-refractivity contribution in [2.75, 3.05) is 0 Å². The van der Waals surface area contributed by atoms with Gasteiger partial charge in [-0.15, -0.1) is 13.2 Å². The van der Waals surface area contributed by atoms with E-state index in [9.17, 15) is 26.3 Å². The van der Waals surface area contributed by atoms with E-state index in [1.165, 1.54) is 0 Å². The average Bonchev–Trinajstić information content (AvgIpc) is 2.18. The van der Waals surface area contributed by atoms with Crippen LogP contribution in [0.3, 0.4) is 0 Å². The van der Waals surface area contributed by atoms with E-state index in [1.807, 2.05) is 0 Å². The van der Waals surface area contributed by atoms with Crippen molar-refractivity contribution >= 4 is 0 Å². The number of ether oxygens (including phenoxy) is 1. The van der Waals surface area contributed by atoms with Crippen LogP contribution < -0.4 is 10.5 Å². The molecule has 9 heteroatoms. The number of hydrogen-bond acceptors (Lipinski definition) is 3. The van der Waals surface area contributed by atoms with Gasteiger partial charge in [-0.3, -0.25) is 4.98 Å². The molecule has 0 amide bonds. The van der Waals surface area contributed by atoms with Crippen molar-refractivity contribution in [3.63, 3.8) is 0 Å². The quantitative estimate of drug-likeness (QED) is 0.849. The summed E-state index contributed by atoms with van der Waals surface area (Å²) < 4.78 is 76.7. The number of aromatic nitrogens is 1. The summed E-state index contributed by atoms with van der Waals surface area (Å²) in [4.78, 5) is 3.00. The van der Waals surface area contributed by atoms with Crippen molar-refractivity contribution in [2.24, 2.45) is 5.73 Å². The van der Waals surface area contributed by atoms with Crippen LogP contribution in [0.5, 0.6) is 5.75 Å². The molecule has 1 rings (SSSR count). The van der Waals surface area contributed by atoms with Gasteiger partial charge in [-0.1, -0.05) is 0 Å². The lowest BCUT2D eigenvalue weighted by molar-refractivity contribution is -0.275. The minimum Gasteiger partial charge on any atom is -0.401 e. The van der Waals surface area contributed by atoms with Gasteiger partial charge in [0.2, 0.25) is 0 Å². The highest BCUT2D eigenvalue weighted by Gasteiger charge is 2.34. The highest BCUT2D eigenvalue weighted by atomic mass is 19.4. The third kappa shape index (κ3) is 3.22. The highest BCUT2D eigenvalue weighted by molar-refractivity contribution is 5.32. The van der Waals surface area contributed by atoms with Crippen LogP contribution in [0.25, 0.3) is 0 Å². The largest absolute Gasteiger partial charge is 0.573 e. The Morgan fingerprint density at radius 1 is 1.35 bits per heavy atom. The molecule has 0 aliphatic rings. The van der Waals surface area contributed by atoms with Gasteiger partial charge in [0.25, 0.3) is 6.43 Å². The molecule has 0 unspecified atom stereocenters. The van der Waals surface area contributed by atoms with Gasteiger partial charge in [0, 0.05) is 12.1 Å². The number of hydrogen-bond donors (Lipinski definition) is 1. The first-order valence-corrected chi connectivity index (χ1v) is 4.17. The van der Waals surface area contributed by atoms with Crippen LogP contribution in [-0.2, 0) is 6.54 Å². The third-order valence-electron chi connectivity index (χ3n) is 1.75. The maximum absolute atomic E-state index is 13.3. The Morgan fingerprint density at radius 3 is 2.35 bits per heavy atom. The van der Waals surface area contributed by atoms with Crippen molar-refractivity contribution < 1.29 is 31.1 Å². The molecule has 0 fully saturated rings. The normalized spacial score (nSPS) is 12.0. The Labute approximate surface area is 91.2 Å². The molecule has 0 spiro atoms. The summed E-state index contributed by atoms with van der Waals surface area (Å²) in [5, 5.41) is 0. The van der Waals surface area contributed by atoms with Crippen LogP contribution in [0.1, 0.15) is 17.7 Å². The van der Waals surface area contributed by atoms with Gasteiger partial charge in [0.15, 0.2) is 11.6 Å². The van der Waals surface area contributed by atoms with Crippen LogP contribution in [-0.4, -0.2) is 11.3 Å². The first-order chi connectivity index (χ1) is 7.76. The Morgan fingerprint density at radius 2 is 1.94 bits per heavy atom. The topological polar surface area (TPSA) is 48.1 Å². The molecule has 0 saturated heterocycles. The van der Waals surface area contributed by atoms with Crippen LogP contribution in [0.4, 0.5) is 26.3 Å². The summed E-state index contributed by atoms with van der Waals surface area (Å²) in [5.41, 5.74) is 3.17. The summed E-state index contributed by atoms with van der Waals surface area (Å²) in [6.45, 7) is -0.715. The summed E-state index contributed by atoms with van der Waals surface area (Å²) >= 11 is 0. The van der Waals surface area contributed by atoms with E-state index in [-0.39, 0.29) is 6.20 Å². The van der Waals surface area contributed by atoms with Gasteiger partial charge < -0.3 is 10.5 Å². The van der Waals surface area contributed by atoms with E-state index in [0.29, 0.717) is 0 Å². The van der Waals surface area contributed by atoms with Crippen LogP contribution >= 0.6 is 0 Å². The molecule has 1 aromatic rings. The lowest BCUT2D eigenvalue weighted by Gasteiger charge is -2.13. The number of rotatable bonds is 3. The van der Waals surface area contributed by atoms with Gasteiger partial charge in [-0.2, -0.15) is 0 Å². The molecule has 3 nitrogen and oxygen atoms in total. The van der Waals surface area contributed by atoms with E-state index in [4.69, 9.17) is 5.73 Å². The van der Waals surface area contributed by atoms with E-state index in [0.717, 1.165) is 0 Å². The van der Waals surface area contributed by atoms with E-state index in [2.05, 4.69) is 9.72 Å². The molecule has 0 aliphatic carbocycles. The molecule has 0 saturated carbocycles. The van der Waals surface area contributed by atoms with Crippen LogP contribution in [0, 0.1) is 5.82 Å². The Kier molecular flexibility index (Phi) is 3.81. The summed E-state index contributed by atoms with van der Waals surface area (Å²) in [7, 11) is 0.